The zero-order chi connectivity index (χ0) is 17.2. The van der Waals surface area contributed by atoms with Crippen LogP contribution >= 0.6 is 11.3 Å². The molecular weight excluding hydrogens is 330 g/mol. The van der Waals surface area contributed by atoms with E-state index in [1.54, 1.807) is 11.3 Å². The van der Waals surface area contributed by atoms with E-state index in [-0.39, 0.29) is 0 Å². The van der Waals surface area contributed by atoms with E-state index in [2.05, 4.69) is 47.6 Å². The van der Waals surface area contributed by atoms with Crippen LogP contribution in [0.5, 0.6) is 0 Å². The van der Waals surface area contributed by atoms with Crippen LogP contribution < -0.4 is 0 Å². The monoisotopic (exact) mass is 347 g/mol. The molecule has 0 aliphatic heterocycles. The summed E-state index contributed by atoms with van der Waals surface area (Å²) in [6, 6.07) is 16.2. The summed E-state index contributed by atoms with van der Waals surface area (Å²) in [6.07, 6.45) is 0.551. The molecule has 0 amide bonds. The summed E-state index contributed by atoms with van der Waals surface area (Å²) >= 11 is 1.62. The fourth-order valence-corrected chi connectivity index (χ4v) is 3.38. The van der Waals surface area contributed by atoms with Gasteiger partial charge in [0.25, 0.3) is 0 Å². The Morgan fingerprint density at radius 1 is 0.920 bits per heavy atom. The Morgan fingerprint density at radius 2 is 1.76 bits per heavy atom. The highest BCUT2D eigenvalue weighted by molar-refractivity contribution is 7.10. The van der Waals surface area contributed by atoms with Crippen LogP contribution in [0.1, 0.15) is 22.0 Å². The summed E-state index contributed by atoms with van der Waals surface area (Å²) in [5, 5.41) is 7.11. The zero-order valence-corrected chi connectivity index (χ0v) is 14.9. The molecular formula is C20H17N3OS. The first kappa shape index (κ1) is 15.7. The van der Waals surface area contributed by atoms with Gasteiger partial charge in [0.05, 0.1) is 12.1 Å². The third kappa shape index (κ3) is 3.37. The van der Waals surface area contributed by atoms with Gasteiger partial charge >= 0.3 is 0 Å². The molecule has 0 atom stereocenters. The van der Waals surface area contributed by atoms with Crippen molar-refractivity contribution in [2.75, 3.05) is 0 Å². The topological polar surface area (TPSA) is 51.8 Å². The van der Waals surface area contributed by atoms with Crippen molar-refractivity contribution < 1.29 is 4.52 Å². The summed E-state index contributed by atoms with van der Waals surface area (Å²) in [5.74, 6) is 1.20. The maximum Gasteiger partial charge on any atom is 0.233 e. The van der Waals surface area contributed by atoms with Crippen LogP contribution in [0.4, 0.5) is 0 Å². The SMILES string of the molecule is Cc1ccc(-c2csc(Cc3nc(-c4ccccc4)no3)n2)cc1C. The minimum Gasteiger partial charge on any atom is -0.339 e. The van der Waals surface area contributed by atoms with Crippen molar-refractivity contribution in [2.45, 2.75) is 20.3 Å². The van der Waals surface area contributed by atoms with Gasteiger partial charge in [-0.2, -0.15) is 4.98 Å². The van der Waals surface area contributed by atoms with E-state index in [0.717, 1.165) is 21.8 Å². The largest absolute Gasteiger partial charge is 0.339 e. The van der Waals surface area contributed by atoms with Gasteiger partial charge in [-0.05, 0) is 31.0 Å². The fraction of sp³-hybridized carbons (Fsp3) is 0.150. The lowest BCUT2D eigenvalue weighted by Gasteiger charge is -2.02. The average molecular weight is 347 g/mol. The van der Waals surface area contributed by atoms with E-state index < -0.39 is 0 Å². The number of aromatic nitrogens is 3. The van der Waals surface area contributed by atoms with Gasteiger partial charge < -0.3 is 4.52 Å². The Balaban J connectivity index is 1.53. The van der Waals surface area contributed by atoms with Crippen molar-refractivity contribution in [1.29, 1.82) is 0 Å². The van der Waals surface area contributed by atoms with Gasteiger partial charge in [0.15, 0.2) is 0 Å². The van der Waals surface area contributed by atoms with Crippen molar-refractivity contribution in [2.24, 2.45) is 0 Å². The maximum atomic E-state index is 5.38. The van der Waals surface area contributed by atoms with E-state index in [1.165, 1.54) is 11.1 Å². The molecule has 2 aromatic heterocycles. The first-order valence-corrected chi connectivity index (χ1v) is 8.97. The molecule has 0 N–H and O–H groups in total. The van der Waals surface area contributed by atoms with Crippen LogP contribution in [0.15, 0.2) is 58.4 Å². The molecule has 0 radical (unpaired) electrons. The van der Waals surface area contributed by atoms with Gasteiger partial charge in [-0.25, -0.2) is 4.98 Å². The van der Waals surface area contributed by atoms with Crippen LogP contribution in [-0.4, -0.2) is 15.1 Å². The molecule has 0 aliphatic rings. The molecule has 25 heavy (non-hydrogen) atoms. The highest BCUT2D eigenvalue weighted by Crippen LogP contribution is 2.25. The van der Waals surface area contributed by atoms with E-state index in [9.17, 15) is 0 Å². The molecule has 4 rings (SSSR count). The second kappa shape index (κ2) is 6.61. The lowest BCUT2D eigenvalue weighted by molar-refractivity contribution is 0.385. The number of nitrogens with zero attached hydrogens (tertiary/aromatic N) is 3. The molecule has 0 unspecified atom stereocenters. The Hall–Kier alpha value is -2.79. The first-order chi connectivity index (χ1) is 12.2. The zero-order valence-electron chi connectivity index (χ0n) is 14.1. The number of hydrogen-bond donors (Lipinski definition) is 0. The summed E-state index contributed by atoms with van der Waals surface area (Å²) < 4.78 is 5.38. The highest BCUT2D eigenvalue weighted by atomic mass is 32.1. The molecule has 124 valence electrons. The van der Waals surface area contributed by atoms with Crippen LogP contribution in [0, 0.1) is 13.8 Å². The van der Waals surface area contributed by atoms with Crippen molar-refractivity contribution in [1.82, 2.24) is 15.1 Å². The number of hydrogen-bond acceptors (Lipinski definition) is 5. The minimum absolute atomic E-state index is 0.551. The number of benzene rings is 2. The van der Waals surface area contributed by atoms with E-state index >= 15 is 0 Å². The molecule has 4 aromatic rings. The Morgan fingerprint density at radius 3 is 2.56 bits per heavy atom. The summed E-state index contributed by atoms with van der Waals surface area (Å²) in [7, 11) is 0. The predicted molar refractivity (Wildman–Crippen MR) is 99.6 cm³/mol. The van der Waals surface area contributed by atoms with Crippen LogP contribution in [0.25, 0.3) is 22.6 Å². The molecule has 0 fully saturated rings. The van der Waals surface area contributed by atoms with Gasteiger partial charge in [-0.1, -0.05) is 47.6 Å². The standard InChI is InChI=1S/C20H17N3OS/c1-13-8-9-16(10-14(13)2)17-12-25-19(21-17)11-18-22-20(23-24-18)15-6-4-3-5-7-15/h3-10,12H,11H2,1-2H3. The minimum atomic E-state index is 0.551. The Labute approximate surface area is 150 Å². The van der Waals surface area contributed by atoms with Crippen molar-refractivity contribution in [3.05, 3.63) is 75.9 Å². The molecule has 0 aliphatic carbocycles. The summed E-state index contributed by atoms with van der Waals surface area (Å²) in [4.78, 5) is 9.19. The smallest absolute Gasteiger partial charge is 0.233 e. The molecule has 5 heteroatoms. The van der Waals surface area contributed by atoms with Gasteiger partial charge in [0.2, 0.25) is 11.7 Å². The van der Waals surface area contributed by atoms with Gasteiger partial charge in [-0.3, -0.25) is 0 Å². The van der Waals surface area contributed by atoms with Crippen LogP contribution in [0.3, 0.4) is 0 Å². The van der Waals surface area contributed by atoms with Gasteiger partial charge in [0, 0.05) is 16.5 Å². The highest BCUT2D eigenvalue weighted by Gasteiger charge is 2.12. The molecule has 2 heterocycles. The van der Waals surface area contributed by atoms with E-state index in [4.69, 9.17) is 9.51 Å². The van der Waals surface area contributed by atoms with Crippen molar-refractivity contribution in [3.63, 3.8) is 0 Å². The average Bonchev–Trinajstić information content (AvgIpc) is 3.28. The normalized spacial score (nSPS) is 11.0. The van der Waals surface area contributed by atoms with Crippen LogP contribution in [-0.2, 0) is 6.42 Å². The quantitative estimate of drug-likeness (QED) is 0.517. The Kier molecular flexibility index (Phi) is 4.15. The third-order valence-corrected chi connectivity index (χ3v) is 5.01. The van der Waals surface area contributed by atoms with E-state index in [0.29, 0.717) is 18.1 Å². The van der Waals surface area contributed by atoms with Gasteiger partial charge in [0.1, 0.15) is 5.01 Å². The maximum absolute atomic E-state index is 5.38. The van der Waals surface area contributed by atoms with Crippen molar-refractivity contribution in [3.8, 4) is 22.6 Å². The second-order valence-corrected chi connectivity index (χ2v) is 6.92. The molecule has 0 spiro atoms. The number of aryl methyl sites for hydroxylation is 2. The second-order valence-electron chi connectivity index (χ2n) is 5.98. The van der Waals surface area contributed by atoms with E-state index in [1.807, 2.05) is 30.3 Å². The number of thiazole rings is 1. The lowest BCUT2D eigenvalue weighted by atomic mass is 10.1. The summed E-state index contributed by atoms with van der Waals surface area (Å²) in [6.45, 7) is 4.24. The number of rotatable bonds is 4. The van der Waals surface area contributed by atoms with Crippen LogP contribution in [0.2, 0.25) is 0 Å². The molecule has 0 saturated heterocycles. The summed E-state index contributed by atoms with van der Waals surface area (Å²) in [5.41, 5.74) is 5.65. The Bertz CT molecular complexity index is 1000. The first-order valence-electron chi connectivity index (χ1n) is 8.09. The molecule has 4 nitrogen and oxygen atoms in total. The fourth-order valence-electron chi connectivity index (χ4n) is 2.59. The lowest BCUT2D eigenvalue weighted by Crippen LogP contribution is -1.89. The van der Waals surface area contributed by atoms with Crippen molar-refractivity contribution >= 4 is 11.3 Å². The van der Waals surface area contributed by atoms with Gasteiger partial charge in [-0.15, -0.1) is 11.3 Å². The third-order valence-electron chi connectivity index (χ3n) is 4.16. The molecule has 0 saturated carbocycles. The molecule has 0 bridgehead atoms. The molecule has 2 aromatic carbocycles. The predicted octanol–water partition coefficient (Wildman–Crippen LogP) is 5.07.